The maximum absolute atomic E-state index is 6.66. The third-order valence-electron chi connectivity index (χ3n) is 6.24. The molecule has 18 heavy (non-hydrogen) atoms. The third-order valence-corrected chi connectivity index (χ3v) is 6.24. The second-order valence-corrected chi connectivity index (χ2v) is 7.74. The van der Waals surface area contributed by atoms with Crippen molar-refractivity contribution < 1.29 is 0 Å². The predicted molar refractivity (Wildman–Crippen MR) is 77.3 cm³/mol. The highest BCUT2D eigenvalue weighted by molar-refractivity contribution is 5.05. The predicted octanol–water partition coefficient (Wildman–Crippen LogP) is 4.50. The summed E-state index contributed by atoms with van der Waals surface area (Å²) in [5.74, 6) is 3.16. The van der Waals surface area contributed by atoms with Gasteiger partial charge in [-0.1, -0.05) is 32.6 Å². The smallest absolute Gasteiger partial charge is 0.00958 e. The van der Waals surface area contributed by atoms with E-state index in [0.717, 1.165) is 17.8 Å². The zero-order valence-corrected chi connectivity index (χ0v) is 12.2. The molecule has 0 aromatic carbocycles. The van der Waals surface area contributed by atoms with Crippen LogP contribution in [-0.4, -0.2) is 6.04 Å². The highest BCUT2D eigenvalue weighted by Gasteiger charge is 2.52. The summed E-state index contributed by atoms with van der Waals surface area (Å²) >= 11 is 0. The van der Waals surface area contributed by atoms with Crippen LogP contribution in [-0.2, 0) is 0 Å². The molecule has 2 N–H and O–H groups in total. The molecule has 0 aromatic heterocycles. The van der Waals surface area contributed by atoms with Crippen molar-refractivity contribution in [1.82, 2.24) is 0 Å². The van der Waals surface area contributed by atoms with Gasteiger partial charge >= 0.3 is 0 Å². The molecule has 0 aliphatic heterocycles. The summed E-state index contributed by atoms with van der Waals surface area (Å²) in [6.45, 7) is 2.29. The molecule has 1 unspecified atom stereocenters. The minimum Gasteiger partial charge on any atom is -0.327 e. The number of rotatable bonds is 6. The average Bonchev–Trinajstić information content (AvgIpc) is 2.32. The van der Waals surface area contributed by atoms with Crippen molar-refractivity contribution in [3.8, 4) is 0 Å². The zero-order chi connectivity index (χ0) is 12.6. The van der Waals surface area contributed by atoms with E-state index in [9.17, 15) is 0 Å². The molecule has 4 fully saturated rings. The summed E-state index contributed by atoms with van der Waals surface area (Å²) < 4.78 is 0. The van der Waals surface area contributed by atoms with Gasteiger partial charge in [-0.3, -0.25) is 0 Å². The van der Waals surface area contributed by atoms with Gasteiger partial charge in [-0.05, 0) is 68.1 Å². The third kappa shape index (κ3) is 2.35. The van der Waals surface area contributed by atoms with Crippen LogP contribution in [0.5, 0.6) is 0 Å². The monoisotopic (exact) mass is 249 g/mol. The molecule has 1 heteroatoms. The lowest BCUT2D eigenvalue weighted by atomic mass is 9.47. The highest BCUT2D eigenvalue weighted by atomic mass is 14.7. The lowest BCUT2D eigenvalue weighted by molar-refractivity contribution is -0.0684. The van der Waals surface area contributed by atoms with Crippen LogP contribution in [0.3, 0.4) is 0 Å². The maximum Gasteiger partial charge on any atom is 0.00958 e. The molecular weight excluding hydrogens is 218 g/mol. The van der Waals surface area contributed by atoms with E-state index in [0.29, 0.717) is 11.5 Å². The molecule has 1 nitrogen and oxygen atoms in total. The summed E-state index contributed by atoms with van der Waals surface area (Å²) in [4.78, 5) is 0. The van der Waals surface area contributed by atoms with Crippen LogP contribution in [0, 0.1) is 23.2 Å². The van der Waals surface area contributed by atoms with E-state index in [-0.39, 0.29) is 0 Å². The van der Waals surface area contributed by atoms with Gasteiger partial charge in [-0.25, -0.2) is 0 Å². The van der Waals surface area contributed by atoms with Gasteiger partial charge in [-0.2, -0.15) is 0 Å². The number of hydrogen-bond donors (Lipinski definition) is 1. The highest BCUT2D eigenvalue weighted by Crippen LogP contribution is 2.61. The summed E-state index contributed by atoms with van der Waals surface area (Å²) in [7, 11) is 0. The summed E-state index contributed by atoms with van der Waals surface area (Å²) in [6.07, 6.45) is 15.9. The molecule has 1 atom stereocenters. The molecule has 4 bridgehead atoms. The molecule has 0 heterocycles. The molecule has 104 valence electrons. The fourth-order valence-electron chi connectivity index (χ4n) is 5.73. The molecule has 0 saturated heterocycles. The van der Waals surface area contributed by atoms with Crippen molar-refractivity contribution in [2.45, 2.75) is 83.6 Å². The van der Waals surface area contributed by atoms with Crippen molar-refractivity contribution in [2.75, 3.05) is 0 Å². The first-order chi connectivity index (χ1) is 8.72. The first-order valence-corrected chi connectivity index (χ1v) is 8.47. The van der Waals surface area contributed by atoms with E-state index < -0.39 is 0 Å². The van der Waals surface area contributed by atoms with Crippen LogP contribution in [0.4, 0.5) is 0 Å². The van der Waals surface area contributed by atoms with Gasteiger partial charge in [0.15, 0.2) is 0 Å². The van der Waals surface area contributed by atoms with Gasteiger partial charge in [0.05, 0.1) is 0 Å². The Balaban J connectivity index is 1.57. The molecule has 4 aliphatic rings. The second-order valence-electron chi connectivity index (χ2n) is 7.74. The fourth-order valence-corrected chi connectivity index (χ4v) is 5.73. The Bertz CT molecular complexity index is 248. The Morgan fingerprint density at radius 3 is 2.00 bits per heavy atom. The van der Waals surface area contributed by atoms with E-state index in [1.165, 1.54) is 51.4 Å². The Kier molecular flexibility index (Phi) is 3.71. The Hall–Kier alpha value is -0.0400. The molecular formula is C17H31N. The molecule has 4 aliphatic carbocycles. The normalized spacial score (nSPS) is 43.3. The van der Waals surface area contributed by atoms with Gasteiger partial charge in [-0.15, -0.1) is 0 Å². The lowest BCUT2D eigenvalue weighted by Crippen LogP contribution is -2.54. The quantitative estimate of drug-likeness (QED) is 0.689. The topological polar surface area (TPSA) is 26.0 Å². The maximum atomic E-state index is 6.66. The Morgan fingerprint density at radius 1 is 0.944 bits per heavy atom. The van der Waals surface area contributed by atoms with Crippen molar-refractivity contribution >= 4 is 0 Å². The summed E-state index contributed by atoms with van der Waals surface area (Å²) in [5, 5.41) is 0. The standard InChI is InChI=1S/C17H31N/c1-2-3-4-5-6-16(18)17-10-13-7-14(11-17)9-15(8-13)12-17/h13-16H,2-12,18H2,1H3. The number of nitrogens with two attached hydrogens (primary N) is 1. The van der Waals surface area contributed by atoms with Crippen molar-refractivity contribution in [3.05, 3.63) is 0 Å². The zero-order valence-electron chi connectivity index (χ0n) is 12.2. The fraction of sp³-hybridized carbons (Fsp3) is 1.00. The number of unbranched alkanes of at least 4 members (excludes halogenated alkanes) is 3. The van der Waals surface area contributed by atoms with E-state index in [1.807, 2.05) is 0 Å². The van der Waals surface area contributed by atoms with E-state index >= 15 is 0 Å². The van der Waals surface area contributed by atoms with Crippen LogP contribution in [0.1, 0.15) is 77.6 Å². The summed E-state index contributed by atoms with van der Waals surface area (Å²) in [6, 6.07) is 0.516. The Labute approximate surface area is 113 Å². The van der Waals surface area contributed by atoms with Crippen LogP contribution < -0.4 is 5.73 Å². The first-order valence-electron chi connectivity index (χ1n) is 8.47. The van der Waals surface area contributed by atoms with Gasteiger partial charge in [0.2, 0.25) is 0 Å². The molecule has 0 radical (unpaired) electrons. The Morgan fingerprint density at radius 2 is 1.50 bits per heavy atom. The van der Waals surface area contributed by atoms with Gasteiger partial charge < -0.3 is 5.73 Å². The largest absolute Gasteiger partial charge is 0.327 e. The SMILES string of the molecule is CCCCCCC(N)C12CC3CC(CC(C3)C1)C2. The van der Waals surface area contributed by atoms with Gasteiger partial charge in [0.25, 0.3) is 0 Å². The first kappa shape index (κ1) is 13.0. The van der Waals surface area contributed by atoms with E-state index in [2.05, 4.69) is 6.92 Å². The van der Waals surface area contributed by atoms with Crippen LogP contribution >= 0.6 is 0 Å². The van der Waals surface area contributed by atoms with Crippen LogP contribution in [0.2, 0.25) is 0 Å². The van der Waals surface area contributed by atoms with E-state index in [4.69, 9.17) is 5.73 Å². The molecule has 0 aromatic rings. The van der Waals surface area contributed by atoms with Gasteiger partial charge in [0.1, 0.15) is 0 Å². The lowest BCUT2D eigenvalue weighted by Gasteiger charge is -2.59. The molecule has 0 amide bonds. The molecule has 4 rings (SSSR count). The van der Waals surface area contributed by atoms with Crippen molar-refractivity contribution in [1.29, 1.82) is 0 Å². The van der Waals surface area contributed by atoms with Gasteiger partial charge in [0, 0.05) is 6.04 Å². The molecule has 0 spiro atoms. The van der Waals surface area contributed by atoms with E-state index in [1.54, 1.807) is 19.3 Å². The van der Waals surface area contributed by atoms with Crippen LogP contribution in [0.15, 0.2) is 0 Å². The number of hydrogen-bond acceptors (Lipinski definition) is 1. The average molecular weight is 249 g/mol. The van der Waals surface area contributed by atoms with Crippen LogP contribution in [0.25, 0.3) is 0 Å². The van der Waals surface area contributed by atoms with Crippen molar-refractivity contribution in [3.63, 3.8) is 0 Å². The molecule has 4 saturated carbocycles. The van der Waals surface area contributed by atoms with Crippen molar-refractivity contribution in [2.24, 2.45) is 28.9 Å². The second kappa shape index (κ2) is 5.15. The summed E-state index contributed by atoms with van der Waals surface area (Å²) in [5.41, 5.74) is 7.24. The minimum absolute atomic E-state index is 0.516. The minimum atomic E-state index is 0.516.